The summed E-state index contributed by atoms with van der Waals surface area (Å²) in [7, 11) is 0. The number of pyridine rings is 1. The van der Waals surface area contributed by atoms with Crippen molar-refractivity contribution in [3.8, 4) is 17.1 Å². The Balaban J connectivity index is 2.29. The quantitative estimate of drug-likeness (QED) is 0.571. The summed E-state index contributed by atoms with van der Waals surface area (Å²) in [5.41, 5.74) is -0.866. The molecule has 3 aromatic rings. The third-order valence-corrected chi connectivity index (χ3v) is 3.14. The van der Waals surface area contributed by atoms with Crippen molar-refractivity contribution in [3.05, 3.63) is 57.0 Å². The number of benzene rings is 1. The number of aromatic amines is 1. The van der Waals surface area contributed by atoms with E-state index < -0.39 is 17.0 Å². The molecule has 0 unspecified atom stereocenters. The number of hydrogen-bond acceptors (Lipinski definition) is 5. The molecule has 8 nitrogen and oxygen atoms in total. The lowest BCUT2D eigenvalue weighted by molar-refractivity contribution is 0.210. The zero-order valence-electron chi connectivity index (χ0n) is 11.5. The van der Waals surface area contributed by atoms with E-state index in [9.17, 15) is 19.5 Å². The number of anilines is 1. The van der Waals surface area contributed by atoms with Gasteiger partial charge in [-0.25, -0.2) is 4.79 Å². The van der Waals surface area contributed by atoms with E-state index in [2.05, 4.69) is 10.3 Å². The summed E-state index contributed by atoms with van der Waals surface area (Å²) in [5.74, 6) is -0.165. The molecule has 0 saturated carbocycles. The molecule has 4 N–H and O–H groups in total. The molecule has 2 aromatic heterocycles. The van der Waals surface area contributed by atoms with Gasteiger partial charge in [0, 0.05) is 30.0 Å². The molecular formula is C15H10N2O6. The Kier molecular flexibility index (Phi) is 3.34. The molecule has 0 saturated heterocycles. The largest absolute Gasteiger partial charge is 0.508 e. The van der Waals surface area contributed by atoms with Crippen molar-refractivity contribution in [2.75, 3.05) is 5.32 Å². The third kappa shape index (κ3) is 2.64. The Morgan fingerprint density at radius 2 is 1.91 bits per heavy atom. The molecule has 0 aliphatic carbocycles. The van der Waals surface area contributed by atoms with E-state index in [-0.39, 0.29) is 33.9 Å². The number of aromatic hydroxyl groups is 1. The summed E-state index contributed by atoms with van der Waals surface area (Å²) in [5, 5.41) is 20.5. The highest BCUT2D eigenvalue weighted by Gasteiger charge is 2.14. The molecule has 1 aromatic carbocycles. The number of phenols is 1. The van der Waals surface area contributed by atoms with Crippen LogP contribution in [0.25, 0.3) is 22.4 Å². The predicted octanol–water partition coefficient (Wildman–Crippen LogP) is 1.94. The average molecular weight is 314 g/mol. The number of phenolic OH excluding ortho intramolecular Hbond substituents is 1. The first-order valence-electron chi connectivity index (χ1n) is 6.44. The molecule has 0 bridgehead atoms. The van der Waals surface area contributed by atoms with E-state index in [1.807, 2.05) is 0 Å². The lowest BCUT2D eigenvalue weighted by Gasteiger charge is -2.09. The number of hydrogen-bond donors (Lipinski definition) is 4. The van der Waals surface area contributed by atoms with Crippen LogP contribution in [0.2, 0.25) is 0 Å². The fourth-order valence-corrected chi connectivity index (χ4v) is 2.18. The van der Waals surface area contributed by atoms with Gasteiger partial charge in [-0.1, -0.05) is 0 Å². The number of carbonyl (C=O) groups is 1. The van der Waals surface area contributed by atoms with E-state index in [1.54, 1.807) is 0 Å². The zero-order valence-corrected chi connectivity index (χ0v) is 11.5. The van der Waals surface area contributed by atoms with Crippen LogP contribution in [0.4, 0.5) is 10.5 Å². The number of fused-ring (bicyclic) bond motifs is 1. The number of aromatic nitrogens is 1. The standard InChI is InChI=1S/C15H10N2O6/c18-7-1-2-8(9(5-7)17-15(21)22)12-6-11(20)13-14(23-12)10(19)3-4-16-13/h1-6,17-18H,(H,16,19)(H,21,22). The fourth-order valence-electron chi connectivity index (χ4n) is 2.18. The van der Waals surface area contributed by atoms with Crippen LogP contribution in [0.1, 0.15) is 0 Å². The third-order valence-electron chi connectivity index (χ3n) is 3.14. The topological polar surface area (TPSA) is 133 Å². The van der Waals surface area contributed by atoms with Crippen LogP contribution in [-0.2, 0) is 0 Å². The highest BCUT2D eigenvalue weighted by molar-refractivity contribution is 5.90. The first kappa shape index (κ1) is 14.4. The molecule has 3 rings (SSSR count). The van der Waals surface area contributed by atoms with Gasteiger partial charge in [0.1, 0.15) is 17.0 Å². The molecule has 0 atom stereocenters. The maximum absolute atomic E-state index is 12.1. The average Bonchev–Trinajstić information content (AvgIpc) is 2.48. The molecule has 0 radical (unpaired) electrons. The van der Waals surface area contributed by atoms with Gasteiger partial charge in [-0.15, -0.1) is 0 Å². The Bertz CT molecular complexity index is 1030. The number of amides is 1. The molecule has 8 heteroatoms. The first-order valence-corrected chi connectivity index (χ1v) is 6.44. The molecule has 23 heavy (non-hydrogen) atoms. The Morgan fingerprint density at radius 3 is 2.65 bits per heavy atom. The van der Waals surface area contributed by atoms with Gasteiger partial charge in [0.15, 0.2) is 0 Å². The van der Waals surface area contributed by atoms with Gasteiger partial charge in [-0.2, -0.15) is 0 Å². The molecule has 0 aliphatic heterocycles. The van der Waals surface area contributed by atoms with E-state index in [4.69, 9.17) is 9.52 Å². The van der Waals surface area contributed by atoms with E-state index in [1.165, 1.54) is 30.5 Å². The number of H-pyrrole nitrogens is 1. The minimum Gasteiger partial charge on any atom is -0.508 e. The molecule has 116 valence electrons. The van der Waals surface area contributed by atoms with Crippen LogP contribution in [0.3, 0.4) is 0 Å². The van der Waals surface area contributed by atoms with Gasteiger partial charge in [0.05, 0.1) is 5.69 Å². The second-order valence-corrected chi connectivity index (χ2v) is 4.68. The second kappa shape index (κ2) is 5.34. The summed E-state index contributed by atoms with van der Waals surface area (Å²) in [6, 6.07) is 6.20. The lowest BCUT2D eigenvalue weighted by Crippen LogP contribution is -2.11. The number of rotatable bonds is 2. The maximum Gasteiger partial charge on any atom is 0.409 e. The van der Waals surface area contributed by atoms with Gasteiger partial charge in [0.25, 0.3) is 0 Å². The summed E-state index contributed by atoms with van der Waals surface area (Å²) < 4.78 is 5.46. The van der Waals surface area contributed by atoms with E-state index >= 15 is 0 Å². The molecule has 2 heterocycles. The van der Waals surface area contributed by atoms with Crippen molar-refractivity contribution in [1.29, 1.82) is 0 Å². The van der Waals surface area contributed by atoms with Crippen molar-refractivity contribution < 1.29 is 19.4 Å². The zero-order chi connectivity index (χ0) is 16.6. The first-order chi connectivity index (χ1) is 11.0. The Hall–Kier alpha value is -3.55. The number of nitrogens with one attached hydrogen (secondary N) is 2. The van der Waals surface area contributed by atoms with Crippen molar-refractivity contribution in [1.82, 2.24) is 4.98 Å². The molecule has 0 spiro atoms. The van der Waals surface area contributed by atoms with Crippen molar-refractivity contribution >= 4 is 22.9 Å². The minimum absolute atomic E-state index is 0.00273. The van der Waals surface area contributed by atoms with Crippen LogP contribution in [0, 0.1) is 0 Å². The van der Waals surface area contributed by atoms with Crippen molar-refractivity contribution in [3.63, 3.8) is 0 Å². The predicted molar refractivity (Wildman–Crippen MR) is 81.9 cm³/mol. The summed E-state index contributed by atoms with van der Waals surface area (Å²) >= 11 is 0. The maximum atomic E-state index is 12.1. The molecule has 0 fully saturated rings. The normalized spacial score (nSPS) is 10.6. The van der Waals surface area contributed by atoms with Crippen LogP contribution in [-0.4, -0.2) is 21.3 Å². The molecule has 1 amide bonds. The highest BCUT2D eigenvalue weighted by Crippen LogP contribution is 2.31. The summed E-state index contributed by atoms with van der Waals surface area (Å²) in [4.78, 5) is 37.4. The van der Waals surface area contributed by atoms with Crippen molar-refractivity contribution in [2.24, 2.45) is 0 Å². The van der Waals surface area contributed by atoms with Gasteiger partial charge in [-0.3, -0.25) is 14.9 Å². The van der Waals surface area contributed by atoms with E-state index in [0.717, 1.165) is 6.07 Å². The van der Waals surface area contributed by atoms with Crippen LogP contribution >= 0.6 is 0 Å². The second-order valence-electron chi connectivity index (χ2n) is 4.68. The van der Waals surface area contributed by atoms with Crippen LogP contribution in [0.15, 0.2) is 50.5 Å². The highest BCUT2D eigenvalue weighted by atomic mass is 16.4. The Morgan fingerprint density at radius 1 is 1.13 bits per heavy atom. The number of carboxylic acid groups (broad SMARTS) is 1. The van der Waals surface area contributed by atoms with Gasteiger partial charge in [-0.05, 0) is 12.1 Å². The smallest absolute Gasteiger partial charge is 0.409 e. The lowest BCUT2D eigenvalue weighted by atomic mass is 10.1. The van der Waals surface area contributed by atoms with Gasteiger partial charge < -0.3 is 19.6 Å². The monoisotopic (exact) mass is 314 g/mol. The van der Waals surface area contributed by atoms with E-state index in [0.29, 0.717) is 0 Å². The SMILES string of the molecule is O=C(O)Nc1cc(O)ccc1-c1cc(=O)c2[nH]ccc(=O)c2o1. The van der Waals surface area contributed by atoms with Gasteiger partial charge in [0.2, 0.25) is 16.4 Å². The minimum atomic E-state index is -1.35. The molecule has 0 aliphatic rings. The Labute approximate surface area is 127 Å². The summed E-state index contributed by atoms with van der Waals surface area (Å²) in [6.07, 6.45) is -0.0167. The summed E-state index contributed by atoms with van der Waals surface area (Å²) in [6.45, 7) is 0. The van der Waals surface area contributed by atoms with Crippen molar-refractivity contribution in [2.45, 2.75) is 0 Å². The van der Waals surface area contributed by atoms with Gasteiger partial charge >= 0.3 is 6.09 Å². The van der Waals surface area contributed by atoms with Crippen LogP contribution < -0.4 is 16.2 Å². The fraction of sp³-hybridized carbons (Fsp3) is 0. The van der Waals surface area contributed by atoms with Crippen LogP contribution in [0.5, 0.6) is 5.75 Å². The molecular weight excluding hydrogens is 304 g/mol.